The number of hydrogen-bond donors (Lipinski definition) is 2. The van der Waals surface area contributed by atoms with Crippen LogP contribution >= 0.6 is 15.9 Å². The molecule has 1 amide bonds. The normalized spacial score (nSPS) is 16.2. The van der Waals surface area contributed by atoms with Gasteiger partial charge in [-0.05, 0) is 36.8 Å². The molecule has 24 heavy (non-hydrogen) atoms. The number of aromatic hydroxyl groups is 1. The Kier molecular flexibility index (Phi) is 4.71. The Bertz CT molecular complexity index is 807. The molecule has 0 unspecified atom stereocenters. The molecule has 0 bridgehead atoms. The highest BCUT2D eigenvalue weighted by molar-refractivity contribution is 9.10. The number of nitrogens with one attached hydrogen (secondary N) is 1. The summed E-state index contributed by atoms with van der Waals surface area (Å²) in [5.41, 5.74) is 3.60. The standard InChI is InChI=1S/C17H15BrN2O4/c1-10-6-12(18)7-11(16(10)21)8-19-20-17(22)15-9-23-13-4-2-3-5-14(13)24-15/h2-8,15,21H,9H2,1H3,(H,20,22)/b19-8-/t15-/m1/s1. The van der Waals surface area contributed by atoms with Crippen molar-refractivity contribution in [3.63, 3.8) is 0 Å². The van der Waals surface area contributed by atoms with Gasteiger partial charge in [-0.15, -0.1) is 0 Å². The number of ether oxygens (including phenoxy) is 2. The van der Waals surface area contributed by atoms with Crippen molar-refractivity contribution in [3.8, 4) is 17.2 Å². The Labute approximate surface area is 147 Å². The maximum Gasteiger partial charge on any atom is 0.284 e. The molecule has 0 spiro atoms. The first kappa shape index (κ1) is 16.3. The number of carbonyl (C=O) groups is 1. The fourth-order valence-electron chi connectivity index (χ4n) is 2.25. The number of phenolic OH excluding ortho intramolecular Hbond substituents is 1. The minimum Gasteiger partial charge on any atom is -0.507 e. The van der Waals surface area contributed by atoms with Crippen LogP contribution in [0.3, 0.4) is 0 Å². The number of benzene rings is 2. The van der Waals surface area contributed by atoms with Crippen LogP contribution in [0.25, 0.3) is 0 Å². The Hall–Kier alpha value is -2.54. The lowest BCUT2D eigenvalue weighted by atomic mass is 10.1. The fraction of sp³-hybridized carbons (Fsp3) is 0.176. The number of amides is 1. The van der Waals surface area contributed by atoms with Gasteiger partial charge in [0.05, 0.1) is 6.21 Å². The van der Waals surface area contributed by atoms with Crippen LogP contribution in [0.4, 0.5) is 0 Å². The minimum absolute atomic E-state index is 0.111. The first-order valence-corrected chi connectivity index (χ1v) is 8.04. The first-order valence-electron chi connectivity index (χ1n) is 7.25. The number of aryl methyl sites for hydroxylation is 1. The van der Waals surface area contributed by atoms with E-state index < -0.39 is 12.0 Å². The van der Waals surface area contributed by atoms with E-state index in [1.54, 1.807) is 37.3 Å². The molecule has 1 heterocycles. The summed E-state index contributed by atoms with van der Waals surface area (Å²) in [7, 11) is 0. The van der Waals surface area contributed by atoms with Crippen LogP contribution in [0, 0.1) is 6.92 Å². The average Bonchev–Trinajstić information content (AvgIpc) is 2.58. The average molecular weight is 391 g/mol. The molecule has 7 heteroatoms. The molecule has 2 aromatic rings. The van der Waals surface area contributed by atoms with E-state index in [1.165, 1.54) is 6.21 Å². The number of nitrogens with zero attached hydrogens (tertiary/aromatic N) is 1. The highest BCUT2D eigenvalue weighted by Crippen LogP contribution is 2.30. The Morgan fingerprint density at radius 1 is 1.38 bits per heavy atom. The van der Waals surface area contributed by atoms with E-state index in [-0.39, 0.29) is 12.4 Å². The molecule has 124 valence electrons. The second-order valence-corrected chi connectivity index (χ2v) is 6.17. The zero-order valence-corrected chi connectivity index (χ0v) is 14.4. The van der Waals surface area contributed by atoms with Crippen molar-refractivity contribution < 1.29 is 19.4 Å². The lowest BCUT2D eigenvalue weighted by Gasteiger charge is -2.24. The van der Waals surface area contributed by atoms with E-state index >= 15 is 0 Å². The van der Waals surface area contributed by atoms with Crippen LogP contribution in [0.5, 0.6) is 17.2 Å². The molecule has 0 aliphatic carbocycles. The summed E-state index contributed by atoms with van der Waals surface area (Å²) in [5.74, 6) is 0.821. The zero-order valence-electron chi connectivity index (χ0n) is 12.8. The second-order valence-electron chi connectivity index (χ2n) is 5.26. The number of halogens is 1. The van der Waals surface area contributed by atoms with Gasteiger partial charge in [0, 0.05) is 10.0 Å². The van der Waals surface area contributed by atoms with E-state index in [9.17, 15) is 9.90 Å². The third kappa shape index (κ3) is 3.51. The predicted octanol–water partition coefficient (Wildman–Crippen LogP) is 2.75. The van der Waals surface area contributed by atoms with Gasteiger partial charge in [-0.25, -0.2) is 5.43 Å². The molecule has 3 rings (SSSR count). The predicted molar refractivity (Wildman–Crippen MR) is 92.6 cm³/mol. The van der Waals surface area contributed by atoms with Crippen LogP contribution < -0.4 is 14.9 Å². The van der Waals surface area contributed by atoms with Gasteiger partial charge in [0.15, 0.2) is 11.5 Å². The number of carbonyl (C=O) groups excluding carboxylic acids is 1. The van der Waals surface area contributed by atoms with E-state index in [4.69, 9.17) is 9.47 Å². The Morgan fingerprint density at radius 2 is 2.12 bits per heavy atom. The van der Waals surface area contributed by atoms with Crippen molar-refractivity contribution in [2.75, 3.05) is 6.61 Å². The zero-order chi connectivity index (χ0) is 17.1. The monoisotopic (exact) mass is 390 g/mol. The van der Waals surface area contributed by atoms with Crippen molar-refractivity contribution >= 4 is 28.1 Å². The third-order valence-corrected chi connectivity index (χ3v) is 3.93. The van der Waals surface area contributed by atoms with Gasteiger partial charge in [-0.2, -0.15) is 5.10 Å². The number of para-hydroxylation sites is 2. The molecule has 1 aliphatic heterocycles. The largest absolute Gasteiger partial charge is 0.507 e. The van der Waals surface area contributed by atoms with Crippen LogP contribution in [0.1, 0.15) is 11.1 Å². The SMILES string of the molecule is Cc1cc(Br)cc(/C=N\NC(=O)[C@H]2COc3ccccc3O2)c1O. The van der Waals surface area contributed by atoms with Crippen LogP contribution in [0.2, 0.25) is 0 Å². The molecule has 2 N–H and O–H groups in total. The quantitative estimate of drug-likeness (QED) is 0.623. The number of hydrazone groups is 1. The molecular formula is C17H15BrN2O4. The van der Waals surface area contributed by atoms with E-state index in [0.29, 0.717) is 22.6 Å². The molecule has 1 aliphatic rings. The highest BCUT2D eigenvalue weighted by atomic mass is 79.9. The summed E-state index contributed by atoms with van der Waals surface area (Å²) in [6.07, 6.45) is 0.595. The fourth-order valence-corrected chi connectivity index (χ4v) is 2.84. The number of fused-ring (bicyclic) bond motifs is 1. The molecule has 0 saturated carbocycles. The summed E-state index contributed by atoms with van der Waals surface area (Å²) in [5, 5.41) is 13.9. The van der Waals surface area contributed by atoms with Crippen LogP contribution in [0.15, 0.2) is 46.0 Å². The first-order chi connectivity index (χ1) is 11.5. The number of hydrogen-bond acceptors (Lipinski definition) is 5. The van der Waals surface area contributed by atoms with Crippen LogP contribution in [-0.2, 0) is 4.79 Å². The topological polar surface area (TPSA) is 80.2 Å². The second kappa shape index (κ2) is 6.92. The van der Waals surface area contributed by atoms with Crippen molar-refractivity contribution in [1.29, 1.82) is 0 Å². The summed E-state index contributed by atoms with van der Waals surface area (Å²) >= 11 is 3.35. The van der Waals surface area contributed by atoms with Crippen molar-refractivity contribution in [1.82, 2.24) is 5.43 Å². The van der Waals surface area contributed by atoms with Gasteiger partial charge in [-0.1, -0.05) is 28.1 Å². The maximum absolute atomic E-state index is 12.1. The molecule has 6 nitrogen and oxygen atoms in total. The molecule has 0 saturated heterocycles. The van der Waals surface area contributed by atoms with E-state index in [1.807, 2.05) is 6.07 Å². The van der Waals surface area contributed by atoms with E-state index in [2.05, 4.69) is 26.5 Å². The summed E-state index contributed by atoms with van der Waals surface area (Å²) in [6.45, 7) is 1.89. The lowest BCUT2D eigenvalue weighted by Crippen LogP contribution is -2.42. The summed E-state index contributed by atoms with van der Waals surface area (Å²) < 4.78 is 11.9. The van der Waals surface area contributed by atoms with Crippen molar-refractivity contribution in [3.05, 3.63) is 52.0 Å². The van der Waals surface area contributed by atoms with Gasteiger partial charge >= 0.3 is 0 Å². The Balaban J connectivity index is 1.64. The molecule has 1 atom stereocenters. The molecule has 2 aromatic carbocycles. The van der Waals surface area contributed by atoms with Crippen molar-refractivity contribution in [2.24, 2.45) is 5.10 Å². The molecule has 0 radical (unpaired) electrons. The number of rotatable bonds is 3. The van der Waals surface area contributed by atoms with Gasteiger partial charge in [0.1, 0.15) is 12.4 Å². The maximum atomic E-state index is 12.1. The summed E-state index contributed by atoms with van der Waals surface area (Å²) in [4.78, 5) is 12.1. The highest BCUT2D eigenvalue weighted by Gasteiger charge is 2.26. The number of phenols is 1. The lowest BCUT2D eigenvalue weighted by molar-refractivity contribution is -0.130. The van der Waals surface area contributed by atoms with Crippen LogP contribution in [-0.4, -0.2) is 29.9 Å². The van der Waals surface area contributed by atoms with Gasteiger partial charge < -0.3 is 14.6 Å². The molecule has 0 fully saturated rings. The smallest absolute Gasteiger partial charge is 0.284 e. The third-order valence-electron chi connectivity index (χ3n) is 3.47. The van der Waals surface area contributed by atoms with Gasteiger partial charge in [0.25, 0.3) is 5.91 Å². The van der Waals surface area contributed by atoms with Crippen molar-refractivity contribution in [2.45, 2.75) is 13.0 Å². The molecular weight excluding hydrogens is 376 g/mol. The minimum atomic E-state index is -0.783. The molecule has 0 aromatic heterocycles. The van der Waals surface area contributed by atoms with Gasteiger partial charge in [-0.3, -0.25) is 4.79 Å². The van der Waals surface area contributed by atoms with E-state index in [0.717, 1.165) is 4.47 Å². The Morgan fingerprint density at radius 3 is 2.92 bits per heavy atom. The summed E-state index contributed by atoms with van der Waals surface area (Å²) in [6, 6.07) is 10.6. The van der Waals surface area contributed by atoms with Gasteiger partial charge in [0.2, 0.25) is 6.10 Å².